The zero-order chi connectivity index (χ0) is 38.6. The maximum atomic E-state index is 12.6. The number of carbonyl (C=O) groups is 3. The first kappa shape index (κ1) is 48.8. The van der Waals surface area contributed by atoms with Gasteiger partial charge in [0.05, 0.1) is 12.6 Å². The largest absolute Gasteiger partial charge is 0.462 e. The van der Waals surface area contributed by atoms with Crippen LogP contribution < -0.4 is 5.32 Å². The van der Waals surface area contributed by atoms with Crippen LogP contribution in [0.15, 0.2) is 12.2 Å². The van der Waals surface area contributed by atoms with E-state index >= 15 is 0 Å². The van der Waals surface area contributed by atoms with E-state index in [0.717, 1.165) is 57.8 Å². The third kappa shape index (κ3) is 31.8. The van der Waals surface area contributed by atoms with Gasteiger partial charge in [-0.2, -0.15) is 0 Å². The lowest BCUT2D eigenvalue weighted by Gasteiger charge is -2.39. The van der Waals surface area contributed by atoms with E-state index in [0.29, 0.717) is 13.1 Å². The summed E-state index contributed by atoms with van der Waals surface area (Å²) in [6, 6.07) is -0.302. The van der Waals surface area contributed by atoms with E-state index < -0.39 is 18.6 Å². The summed E-state index contributed by atoms with van der Waals surface area (Å²) in [6.45, 7) is 4.34. The number of nitrogens with zero attached hydrogens (tertiary/aromatic N) is 1. The molecule has 0 spiro atoms. The number of esters is 2. The quantitative estimate of drug-likeness (QED) is 0.0292. The standard InChI is InChI=1S/C43H78F2N2O6/c1-3-5-7-9-11-13-15-17-18-20-22-24-26-28-30-32-42(49)52-37-39(53-43(50)46-38-33-47(34-38)35-40(44)45)36-51-41(48)31-29-27-25-23-21-19-16-14-12-10-8-6-4-2/h17-18,38-40H,3-16,19-37H2,1-2H3,(H,46,50)/b18-17-. The second-order valence-corrected chi connectivity index (χ2v) is 15.2. The molecule has 8 nitrogen and oxygen atoms in total. The van der Waals surface area contributed by atoms with Crippen molar-refractivity contribution in [2.75, 3.05) is 32.8 Å². The molecular formula is C43H78F2N2O6. The number of unbranched alkanes of at least 4 members (excludes halogenated alkanes) is 23. The number of likely N-dealkylation sites (tertiary alicyclic amines) is 1. The Labute approximate surface area is 322 Å². The Balaban J connectivity index is 2.24. The highest BCUT2D eigenvalue weighted by atomic mass is 19.3. The van der Waals surface area contributed by atoms with Crippen LogP contribution in [0.2, 0.25) is 0 Å². The van der Waals surface area contributed by atoms with E-state index in [1.165, 1.54) is 109 Å². The van der Waals surface area contributed by atoms with Crippen LogP contribution in [-0.4, -0.2) is 74.4 Å². The second kappa shape index (κ2) is 35.5. The molecule has 1 aliphatic rings. The number of ether oxygens (including phenoxy) is 3. The lowest BCUT2D eigenvalue weighted by atomic mass is 10.0. The molecule has 1 aliphatic heterocycles. The summed E-state index contributed by atoms with van der Waals surface area (Å²) in [4.78, 5) is 39.0. The highest BCUT2D eigenvalue weighted by Crippen LogP contribution is 2.15. The number of alkyl carbamates (subject to hydrolysis) is 1. The Morgan fingerprint density at radius 2 is 0.981 bits per heavy atom. The third-order valence-corrected chi connectivity index (χ3v) is 9.94. The Morgan fingerprint density at radius 3 is 1.38 bits per heavy atom. The second-order valence-electron chi connectivity index (χ2n) is 15.2. The smallest absolute Gasteiger partial charge is 0.407 e. The summed E-state index contributed by atoms with van der Waals surface area (Å²) in [5.74, 6) is -0.750. The molecule has 310 valence electrons. The molecule has 0 bridgehead atoms. The molecule has 1 rings (SSSR count). The Hall–Kier alpha value is -2.23. The SMILES string of the molecule is CCCCCCCC/C=C\CCCCCCCC(=O)OCC(COC(=O)CCCCCCCCCCCCCCC)OC(=O)NC1CN(CC(F)F)C1. The van der Waals surface area contributed by atoms with Gasteiger partial charge in [0.15, 0.2) is 6.10 Å². The molecule has 0 aromatic rings. The first-order valence-corrected chi connectivity index (χ1v) is 21.8. The van der Waals surface area contributed by atoms with Crippen LogP contribution in [0.4, 0.5) is 13.6 Å². The van der Waals surface area contributed by atoms with E-state index in [1.807, 2.05) is 0 Å². The monoisotopic (exact) mass is 757 g/mol. The van der Waals surface area contributed by atoms with Gasteiger partial charge >= 0.3 is 18.0 Å². The van der Waals surface area contributed by atoms with Gasteiger partial charge in [0.1, 0.15) is 13.2 Å². The minimum Gasteiger partial charge on any atom is -0.462 e. The van der Waals surface area contributed by atoms with Gasteiger partial charge in [-0.15, -0.1) is 0 Å². The van der Waals surface area contributed by atoms with Gasteiger partial charge in [-0.25, -0.2) is 13.6 Å². The molecule has 1 amide bonds. The van der Waals surface area contributed by atoms with E-state index in [2.05, 4.69) is 31.3 Å². The van der Waals surface area contributed by atoms with Gasteiger partial charge in [0, 0.05) is 25.9 Å². The van der Waals surface area contributed by atoms with Crippen LogP contribution in [0.1, 0.15) is 194 Å². The van der Waals surface area contributed by atoms with Gasteiger partial charge in [0.25, 0.3) is 6.43 Å². The van der Waals surface area contributed by atoms with Crippen LogP contribution in [0.25, 0.3) is 0 Å². The van der Waals surface area contributed by atoms with Gasteiger partial charge in [-0.1, -0.05) is 154 Å². The fraction of sp³-hybridized carbons (Fsp3) is 0.884. The van der Waals surface area contributed by atoms with Crippen molar-refractivity contribution in [1.29, 1.82) is 0 Å². The molecule has 0 aromatic carbocycles. The average Bonchev–Trinajstić information content (AvgIpc) is 3.11. The van der Waals surface area contributed by atoms with Crippen molar-refractivity contribution in [3.63, 3.8) is 0 Å². The summed E-state index contributed by atoms with van der Waals surface area (Å²) in [7, 11) is 0. The predicted molar refractivity (Wildman–Crippen MR) is 211 cm³/mol. The van der Waals surface area contributed by atoms with Crippen LogP contribution in [-0.2, 0) is 23.8 Å². The van der Waals surface area contributed by atoms with Gasteiger partial charge in [-0.3, -0.25) is 14.5 Å². The van der Waals surface area contributed by atoms with Gasteiger partial charge in [-0.05, 0) is 38.5 Å². The molecule has 0 aromatic heterocycles. The molecular weight excluding hydrogens is 678 g/mol. The lowest BCUT2D eigenvalue weighted by Crippen LogP contribution is -2.60. The van der Waals surface area contributed by atoms with Gasteiger partial charge < -0.3 is 19.5 Å². The molecule has 0 saturated carbocycles. The average molecular weight is 757 g/mol. The summed E-state index contributed by atoms with van der Waals surface area (Å²) in [5, 5.41) is 2.66. The van der Waals surface area contributed by atoms with Crippen molar-refractivity contribution < 1.29 is 37.4 Å². The number of allylic oxidation sites excluding steroid dienone is 2. The minimum absolute atomic E-state index is 0.215. The summed E-state index contributed by atoms with van der Waals surface area (Å²) >= 11 is 0. The third-order valence-electron chi connectivity index (χ3n) is 9.94. The van der Waals surface area contributed by atoms with Crippen LogP contribution in [0, 0.1) is 0 Å². The van der Waals surface area contributed by atoms with Gasteiger partial charge in [0.2, 0.25) is 0 Å². The van der Waals surface area contributed by atoms with E-state index in [-0.39, 0.29) is 50.6 Å². The van der Waals surface area contributed by atoms with E-state index in [1.54, 1.807) is 4.90 Å². The van der Waals surface area contributed by atoms with Crippen LogP contribution in [0.3, 0.4) is 0 Å². The fourth-order valence-electron chi connectivity index (χ4n) is 6.62. The molecule has 1 unspecified atom stereocenters. The number of hydrogen-bond acceptors (Lipinski definition) is 7. The fourth-order valence-corrected chi connectivity index (χ4v) is 6.62. The number of nitrogens with one attached hydrogen (secondary N) is 1. The van der Waals surface area contributed by atoms with Crippen molar-refractivity contribution in [3.05, 3.63) is 12.2 Å². The molecule has 0 radical (unpaired) electrons. The molecule has 1 fully saturated rings. The van der Waals surface area contributed by atoms with Crippen molar-refractivity contribution in [2.24, 2.45) is 0 Å². The summed E-state index contributed by atoms with van der Waals surface area (Å²) < 4.78 is 41.4. The molecule has 1 N–H and O–H groups in total. The maximum Gasteiger partial charge on any atom is 0.407 e. The van der Waals surface area contributed by atoms with Crippen LogP contribution in [0.5, 0.6) is 0 Å². The summed E-state index contributed by atoms with van der Waals surface area (Å²) in [6.07, 6.45) is 32.1. The molecule has 10 heteroatoms. The van der Waals surface area contributed by atoms with Crippen molar-refractivity contribution in [3.8, 4) is 0 Å². The Morgan fingerprint density at radius 1 is 0.604 bits per heavy atom. The molecule has 1 atom stereocenters. The highest BCUT2D eigenvalue weighted by Gasteiger charge is 2.31. The number of amides is 1. The lowest BCUT2D eigenvalue weighted by molar-refractivity contribution is -0.152. The first-order chi connectivity index (χ1) is 25.8. The molecule has 1 heterocycles. The number of hydrogen-bond donors (Lipinski definition) is 1. The predicted octanol–water partition coefficient (Wildman–Crippen LogP) is 11.6. The van der Waals surface area contributed by atoms with E-state index in [4.69, 9.17) is 14.2 Å². The number of carbonyl (C=O) groups excluding carboxylic acids is 3. The maximum absolute atomic E-state index is 12.6. The summed E-state index contributed by atoms with van der Waals surface area (Å²) in [5.41, 5.74) is 0. The zero-order valence-corrected chi connectivity index (χ0v) is 33.9. The molecule has 0 aliphatic carbocycles. The zero-order valence-electron chi connectivity index (χ0n) is 33.9. The van der Waals surface area contributed by atoms with Crippen molar-refractivity contribution in [1.82, 2.24) is 10.2 Å². The Bertz CT molecular complexity index is 915. The minimum atomic E-state index is -2.43. The number of halogens is 2. The van der Waals surface area contributed by atoms with Crippen molar-refractivity contribution in [2.45, 2.75) is 212 Å². The van der Waals surface area contributed by atoms with Crippen LogP contribution >= 0.6 is 0 Å². The Kier molecular flexibility index (Phi) is 32.7. The van der Waals surface area contributed by atoms with Crippen molar-refractivity contribution >= 4 is 18.0 Å². The number of rotatable bonds is 37. The number of alkyl halides is 2. The normalized spacial score (nSPS) is 14.1. The molecule has 53 heavy (non-hydrogen) atoms. The highest BCUT2D eigenvalue weighted by molar-refractivity contribution is 5.70. The molecule has 1 saturated heterocycles. The first-order valence-electron chi connectivity index (χ1n) is 21.8. The van der Waals surface area contributed by atoms with E-state index in [9.17, 15) is 23.2 Å². The topological polar surface area (TPSA) is 94.2 Å².